The molecule has 0 fully saturated rings. The zero-order valence-electron chi connectivity index (χ0n) is 10.5. The van der Waals surface area contributed by atoms with Gasteiger partial charge in [-0.2, -0.15) is 5.26 Å². The number of aromatic amines is 1. The molecule has 3 rings (SSSR count). The summed E-state index contributed by atoms with van der Waals surface area (Å²) in [7, 11) is 4.11. The fourth-order valence-corrected chi connectivity index (χ4v) is 2.48. The Morgan fingerprint density at radius 2 is 2.28 bits per heavy atom. The number of H-pyrrole nitrogens is 1. The summed E-state index contributed by atoms with van der Waals surface area (Å²) >= 11 is 0. The average Bonchev–Trinajstić information content (AvgIpc) is 2.65. The van der Waals surface area contributed by atoms with Crippen LogP contribution in [0.5, 0.6) is 5.75 Å². The van der Waals surface area contributed by atoms with Crippen molar-refractivity contribution in [2.45, 2.75) is 12.5 Å². The average molecular weight is 241 g/mol. The van der Waals surface area contributed by atoms with Gasteiger partial charge in [-0.05, 0) is 38.2 Å². The van der Waals surface area contributed by atoms with E-state index < -0.39 is 0 Å². The van der Waals surface area contributed by atoms with Crippen LogP contribution in [0, 0.1) is 11.3 Å². The van der Waals surface area contributed by atoms with Crippen LogP contribution in [0.25, 0.3) is 10.9 Å². The first kappa shape index (κ1) is 11.1. The van der Waals surface area contributed by atoms with Crippen LogP contribution >= 0.6 is 0 Å². The van der Waals surface area contributed by atoms with Gasteiger partial charge in [0.05, 0.1) is 5.56 Å². The Labute approximate surface area is 106 Å². The van der Waals surface area contributed by atoms with Gasteiger partial charge in [-0.25, -0.2) is 0 Å². The number of likely N-dealkylation sites (N-methyl/N-ethyl adjacent to an activating group) is 1. The third kappa shape index (κ3) is 1.56. The van der Waals surface area contributed by atoms with E-state index in [2.05, 4.69) is 30.0 Å². The standard InChI is InChI=1S/C14H15N3O/c1-17(2)11-5-10-7-16-12-4-3-9(6-15)14(13(10)12)18-8-11/h3-4,7,11,16H,5,8H2,1-2H3. The van der Waals surface area contributed by atoms with Gasteiger partial charge in [0.2, 0.25) is 0 Å². The van der Waals surface area contributed by atoms with Gasteiger partial charge in [0.1, 0.15) is 18.4 Å². The van der Waals surface area contributed by atoms with E-state index >= 15 is 0 Å². The van der Waals surface area contributed by atoms with Crippen molar-refractivity contribution < 1.29 is 4.74 Å². The van der Waals surface area contributed by atoms with Crippen LogP contribution < -0.4 is 4.74 Å². The zero-order chi connectivity index (χ0) is 12.7. The number of aromatic nitrogens is 1. The minimum Gasteiger partial charge on any atom is -0.490 e. The van der Waals surface area contributed by atoms with Gasteiger partial charge in [0.25, 0.3) is 0 Å². The highest BCUT2D eigenvalue weighted by atomic mass is 16.5. The lowest BCUT2D eigenvalue weighted by molar-refractivity contribution is 0.190. The first-order chi connectivity index (χ1) is 8.70. The maximum absolute atomic E-state index is 9.18. The molecule has 0 spiro atoms. The lowest BCUT2D eigenvalue weighted by Crippen LogP contribution is -2.34. The summed E-state index contributed by atoms with van der Waals surface area (Å²) in [5, 5.41) is 10.2. The lowest BCUT2D eigenvalue weighted by atomic mass is 10.0. The highest BCUT2D eigenvalue weighted by molar-refractivity contribution is 5.91. The molecule has 1 aliphatic heterocycles. The fraction of sp³-hybridized carbons (Fsp3) is 0.357. The van der Waals surface area contributed by atoms with Crippen molar-refractivity contribution in [2.75, 3.05) is 20.7 Å². The van der Waals surface area contributed by atoms with E-state index in [-0.39, 0.29) is 0 Å². The number of hydrogen-bond donors (Lipinski definition) is 1. The molecule has 0 saturated carbocycles. The normalized spacial score (nSPS) is 18.4. The SMILES string of the molecule is CN(C)C1COc2c(C#N)ccc3[nH]cc(c23)C1. The Balaban J connectivity index is 2.20. The van der Waals surface area contributed by atoms with Crippen molar-refractivity contribution in [3.63, 3.8) is 0 Å². The molecule has 1 N–H and O–H groups in total. The molecule has 92 valence electrons. The first-order valence-electron chi connectivity index (χ1n) is 6.03. The van der Waals surface area contributed by atoms with Gasteiger partial charge in [-0.15, -0.1) is 0 Å². The second-order valence-corrected chi connectivity index (χ2v) is 4.92. The van der Waals surface area contributed by atoms with E-state index in [0.29, 0.717) is 18.2 Å². The number of nitrogens with zero attached hydrogens (tertiary/aromatic N) is 2. The molecule has 4 heteroatoms. The smallest absolute Gasteiger partial charge is 0.146 e. The molecule has 0 bridgehead atoms. The van der Waals surface area contributed by atoms with Crippen LogP contribution in [0.15, 0.2) is 18.3 Å². The molecule has 18 heavy (non-hydrogen) atoms. The summed E-state index contributed by atoms with van der Waals surface area (Å²) in [4.78, 5) is 5.41. The molecule has 1 unspecified atom stereocenters. The Hall–Kier alpha value is -1.99. The topological polar surface area (TPSA) is 52.0 Å². The Kier molecular flexibility index (Phi) is 2.49. The minimum absolute atomic E-state index is 0.336. The summed E-state index contributed by atoms with van der Waals surface area (Å²) in [6.07, 6.45) is 2.97. The first-order valence-corrected chi connectivity index (χ1v) is 6.03. The molecule has 0 radical (unpaired) electrons. The molecule has 0 amide bonds. The summed E-state index contributed by atoms with van der Waals surface area (Å²) in [5.41, 5.74) is 2.88. The maximum atomic E-state index is 9.18. The summed E-state index contributed by atoms with van der Waals surface area (Å²) in [6.45, 7) is 0.621. The summed E-state index contributed by atoms with van der Waals surface area (Å²) < 4.78 is 5.89. The predicted molar refractivity (Wildman–Crippen MR) is 69.7 cm³/mol. The zero-order valence-corrected chi connectivity index (χ0v) is 10.5. The molecule has 2 heterocycles. The maximum Gasteiger partial charge on any atom is 0.146 e. The number of hydrogen-bond acceptors (Lipinski definition) is 3. The van der Waals surface area contributed by atoms with Gasteiger partial charge >= 0.3 is 0 Å². The quantitative estimate of drug-likeness (QED) is 0.829. The molecule has 4 nitrogen and oxygen atoms in total. The highest BCUT2D eigenvalue weighted by Crippen LogP contribution is 2.35. The molecule has 1 aromatic carbocycles. The number of rotatable bonds is 1. The Morgan fingerprint density at radius 3 is 3.00 bits per heavy atom. The van der Waals surface area contributed by atoms with Crippen molar-refractivity contribution in [2.24, 2.45) is 0 Å². The van der Waals surface area contributed by atoms with Crippen LogP contribution in [-0.2, 0) is 6.42 Å². The van der Waals surface area contributed by atoms with Crippen LogP contribution in [0.4, 0.5) is 0 Å². The number of nitriles is 1. The van der Waals surface area contributed by atoms with Gasteiger partial charge in [-0.1, -0.05) is 0 Å². The van der Waals surface area contributed by atoms with E-state index in [0.717, 1.165) is 23.1 Å². The molecule has 1 atom stereocenters. The van der Waals surface area contributed by atoms with Crippen LogP contribution in [-0.4, -0.2) is 36.6 Å². The second kappa shape index (κ2) is 4.04. The van der Waals surface area contributed by atoms with Crippen LogP contribution in [0.3, 0.4) is 0 Å². The summed E-state index contributed by atoms with van der Waals surface area (Å²) in [5.74, 6) is 0.732. The van der Waals surface area contributed by atoms with Crippen molar-refractivity contribution in [1.29, 1.82) is 5.26 Å². The van der Waals surface area contributed by atoms with Crippen molar-refractivity contribution in [1.82, 2.24) is 9.88 Å². The van der Waals surface area contributed by atoms with Gasteiger partial charge in [0.15, 0.2) is 0 Å². The van der Waals surface area contributed by atoms with Crippen molar-refractivity contribution >= 4 is 10.9 Å². The van der Waals surface area contributed by atoms with E-state index in [1.807, 2.05) is 18.3 Å². The molecular weight excluding hydrogens is 226 g/mol. The second-order valence-electron chi connectivity index (χ2n) is 4.92. The summed E-state index contributed by atoms with van der Waals surface area (Å²) in [6, 6.07) is 6.30. The Bertz CT molecular complexity index is 636. The third-order valence-corrected chi connectivity index (χ3v) is 3.61. The van der Waals surface area contributed by atoms with Gasteiger partial charge in [-0.3, -0.25) is 0 Å². The minimum atomic E-state index is 0.336. The van der Waals surface area contributed by atoms with Gasteiger partial charge in [0, 0.05) is 23.1 Å². The van der Waals surface area contributed by atoms with Crippen LogP contribution in [0.2, 0.25) is 0 Å². The van der Waals surface area contributed by atoms with Crippen LogP contribution in [0.1, 0.15) is 11.1 Å². The highest BCUT2D eigenvalue weighted by Gasteiger charge is 2.23. The van der Waals surface area contributed by atoms with E-state index in [1.54, 1.807) is 0 Å². The van der Waals surface area contributed by atoms with E-state index in [1.165, 1.54) is 5.56 Å². The Morgan fingerprint density at radius 1 is 1.44 bits per heavy atom. The van der Waals surface area contributed by atoms with Crippen molar-refractivity contribution in [3.8, 4) is 11.8 Å². The monoisotopic (exact) mass is 241 g/mol. The number of ether oxygens (including phenoxy) is 1. The largest absolute Gasteiger partial charge is 0.490 e. The van der Waals surface area contributed by atoms with E-state index in [9.17, 15) is 5.26 Å². The molecular formula is C14H15N3O. The predicted octanol–water partition coefficient (Wildman–Crippen LogP) is 1.90. The number of nitrogens with one attached hydrogen (secondary N) is 1. The van der Waals surface area contributed by atoms with Gasteiger partial charge < -0.3 is 14.6 Å². The van der Waals surface area contributed by atoms with E-state index in [4.69, 9.17) is 4.74 Å². The molecule has 2 aromatic rings. The third-order valence-electron chi connectivity index (χ3n) is 3.61. The lowest BCUT2D eigenvalue weighted by Gasteiger charge is -2.22. The molecule has 0 saturated heterocycles. The number of benzene rings is 1. The van der Waals surface area contributed by atoms with Crippen molar-refractivity contribution in [3.05, 3.63) is 29.5 Å². The fourth-order valence-electron chi connectivity index (χ4n) is 2.48. The molecule has 1 aromatic heterocycles. The molecule has 0 aliphatic carbocycles. The molecule has 1 aliphatic rings.